The Morgan fingerprint density at radius 3 is 2.36 bits per heavy atom. The second kappa shape index (κ2) is 14.7. The van der Waals surface area contributed by atoms with Crippen LogP contribution in [0.15, 0.2) is 91.0 Å². The Bertz CT molecular complexity index is 2160. The number of rotatable bonds is 10. The van der Waals surface area contributed by atoms with Crippen molar-refractivity contribution in [1.29, 1.82) is 0 Å². The van der Waals surface area contributed by atoms with Crippen molar-refractivity contribution in [2.75, 3.05) is 43.8 Å². The van der Waals surface area contributed by atoms with Gasteiger partial charge in [0.2, 0.25) is 5.91 Å². The molecule has 4 heterocycles. The van der Waals surface area contributed by atoms with E-state index in [0.717, 1.165) is 28.1 Å². The first kappa shape index (κ1) is 37.7. The summed E-state index contributed by atoms with van der Waals surface area (Å²) in [5.41, 5.74) is 3.62. The predicted octanol–water partition coefficient (Wildman–Crippen LogP) is 5.76. The number of amides is 3. The van der Waals surface area contributed by atoms with Gasteiger partial charge in [-0.15, -0.1) is 0 Å². The molecule has 56 heavy (non-hydrogen) atoms. The minimum absolute atomic E-state index is 0.0581. The summed E-state index contributed by atoms with van der Waals surface area (Å²) in [7, 11) is 0.702. The molecule has 4 aromatic rings. The Morgan fingerprint density at radius 1 is 0.929 bits per heavy atom. The fraction of sp³-hybridized carbons (Fsp3) is 0.386. The topological polar surface area (TPSA) is 118 Å². The van der Waals surface area contributed by atoms with Crippen molar-refractivity contribution in [1.82, 2.24) is 4.90 Å². The van der Waals surface area contributed by atoms with Gasteiger partial charge < -0.3 is 33.9 Å². The van der Waals surface area contributed by atoms with Gasteiger partial charge in [0, 0.05) is 23.7 Å². The fourth-order valence-corrected chi connectivity index (χ4v) is 13.8. The Balaban J connectivity index is 1.19. The van der Waals surface area contributed by atoms with Gasteiger partial charge in [-0.25, -0.2) is 4.79 Å². The Hall–Kier alpha value is -5.17. The number of anilines is 2. The molecule has 8 rings (SSSR count). The van der Waals surface area contributed by atoms with Gasteiger partial charge in [-0.2, -0.15) is 0 Å². The van der Waals surface area contributed by atoms with E-state index in [1.165, 1.54) is 5.19 Å². The lowest BCUT2D eigenvalue weighted by molar-refractivity contribution is -0.151. The first-order valence-electron chi connectivity index (χ1n) is 19.3. The van der Waals surface area contributed by atoms with Crippen molar-refractivity contribution in [3.05, 3.63) is 113 Å². The number of benzene rings is 4. The van der Waals surface area contributed by atoms with Crippen molar-refractivity contribution >= 4 is 42.5 Å². The highest BCUT2D eigenvalue weighted by atomic mass is 28.3. The van der Waals surface area contributed by atoms with Crippen LogP contribution < -0.4 is 24.5 Å². The van der Waals surface area contributed by atoms with Gasteiger partial charge >= 0.3 is 6.09 Å². The molecule has 4 aliphatic heterocycles. The third kappa shape index (κ3) is 6.24. The summed E-state index contributed by atoms with van der Waals surface area (Å²) in [5, 5.41) is 11.7. The fourth-order valence-electron chi connectivity index (χ4n) is 9.74. The van der Waals surface area contributed by atoms with Gasteiger partial charge in [-0.3, -0.25) is 14.5 Å². The molecule has 0 unspecified atom stereocenters. The van der Waals surface area contributed by atoms with Crippen LogP contribution in [0.4, 0.5) is 16.2 Å². The third-order valence-corrected chi connectivity index (χ3v) is 17.0. The average Bonchev–Trinajstić information content (AvgIpc) is 3.85. The Kier molecular flexibility index (Phi) is 9.92. The molecule has 2 saturated heterocycles. The molecule has 0 radical (unpaired) electrons. The van der Waals surface area contributed by atoms with E-state index >= 15 is 4.79 Å². The molecule has 0 bridgehead atoms. The van der Waals surface area contributed by atoms with Crippen LogP contribution in [0.1, 0.15) is 35.6 Å². The lowest BCUT2D eigenvalue weighted by Gasteiger charge is -2.39. The van der Waals surface area contributed by atoms with E-state index < -0.39 is 25.9 Å². The second-order valence-electron chi connectivity index (χ2n) is 15.9. The quantitative estimate of drug-likeness (QED) is 0.202. The summed E-state index contributed by atoms with van der Waals surface area (Å²) in [5.74, 6) is 0.713. The number of methoxy groups -OCH3 is 2. The van der Waals surface area contributed by atoms with E-state index in [-0.39, 0.29) is 48.9 Å². The number of carbonyl (C=O) groups is 3. The number of hydrogen-bond donors (Lipinski definition) is 1. The number of carbonyl (C=O) groups excluding carboxylic acids is 3. The first-order valence-corrected chi connectivity index (χ1v) is 22.4. The molecule has 5 atom stereocenters. The van der Waals surface area contributed by atoms with Gasteiger partial charge in [-0.1, -0.05) is 73.7 Å². The summed E-state index contributed by atoms with van der Waals surface area (Å²) in [4.78, 5) is 47.6. The van der Waals surface area contributed by atoms with Crippen molar-refractivity contribution < 1.29 is 38.4 Å². The maximum absolute atomic E-state index is 15.4. The minimum atomic E-state index is -2.55. The molecule has 2 fully saturated rings. The Morgan fingerprint density at radius 2 is 1.66 bits per heavy atom. The van der Waals surface area contributed by atoms with Crippen LogP contribution in [0.25, 0.3) is 0 Å². The molecule has 1 spiro atoms. The standard InChI is InChI=1S/C44H49N3O8Si/c1-28-41(56(4,5)36-16-13-34(52-2)14-17-36)39(24-40(49)46-26-31-11-7-6-10-30(31)22-33(46)27-48)55-44(28)37-23-35(53-3)15-18-38(37)47(42(44)50)25-29-9-8-12-32(21-29)45-19-20-54-43(45)51/h6-18,21,23,28,33,39,41,48H,19-20,22,24-27H2,1-5H3/t28-,33+,39+,41-,44+/m1/s1. The summed E-state index contributed by atoms with van der Waals surface area (Å²) in [6.07, 6.45) is -0.369. The molecule has 0 aromatic heterocycles. The zero-order valence-electron chi connectivity index (χ0n) is 32.6. The molecular weight excluding hydrogens is 727 g/mol. The van der Waals surface area contributed by atoms with Gasteiger partial charge in [0.15, 0.2) is 5.60 Å². The molecule has 3 amide bonds. The molecule has 4 aromatic carbocycles. The van der Waals surface area contributed by atoms with Crippen molar-refractivity contribution in [2.45, 2.75) is 69.2 Å². The highest BCUT2D eigenvalue weighted by molar-refractivity contribution is 6.91. The molecule has 11 nitrogen and oxygen atoms in total. The molecule has 0 aliphatic carbocycles. The largest absolute Gasteiger partial charge is 0.497 e. The van der Waals surface area contributed by atoms with Crippen molar-refractivity contribution in [3.8, 4) is 11.5 Å². The number of nitrogens with zero attached hydrogens (tertiary/aromatic N) is 3. The van der Waals surface area contributed by atoms with E-state index in [4.69, 9.17) is 18.9 Å². The maximum atomic E-state index is 15.4. The van der Waals surface area contributed by atoms with Crippen LogP contribution in [-0.4, -0.2) is 82.1 Å². The minimum Gasteiger partial charge on any atom is -0.497 e. The molecular formula is C44H49N3O8Si. The molecule has 4 aliphatic rings. The monoisotopic (exact) mass is 775 g/mol. The smallest absolute Gasteiger partial charge is 0.414 e. The number of hydrogen-bond acceptors (Lipinski definition) is 8. The van der Waals surface area contributed by atoms with E-state index in [1.54, 1.807) is 28.9 Å². The third-order valence-electron chi connectivity index (χ3n) is 12.6. The first-order chi connectivity index (χ1) is 27.0. The number of aliphatic hydroxyl groups is 1. The normalized spacial score (nSPS) is 24.4. The maximum Gasteiger partial charge on any atom is 0.414 e. The van der Waals surface area contributed by atoms with E-state index in [0.29, 0.717) is 43.1 Å². The van der Waals surface area contributed by atoms with Crippen LogP contribution in [-0.2, 0) is 44.2 Å². The van der Waals surface area contributed by atoms with Gasteiger partial charge in [0.1, 0.15) is 18.1 Å². The van der Waals surface area contributed by atoms with Crippen molar-refractivity contribution in [3.63, 3.8) is 0 Å². The van der Waals surface area contributed by atoms with Crippen LogP contribution in [0.5, 0.6) is 11.5 Å². The van der Waals surface area contributed by atoms with Crippen LogP contribution in [0.2, 0.25) is 18.6 Å². The van der Waals surface area contributed by atoms with Gasteiger partial charge in [0.05, 0.1) is 66.2 Å². The zero-order chi connectivity index (χ0) is 39.4. The van der Waals surface area contributed by atoms with E-state index in [9.17, 15) is 14.7 Å². The zero-order valence-corrected chi connectivity index (χ0v) is 33.6. The van der Waals surface area contributed by atoms with Gasteiger partial charge in [0.25, 0.3) is 5.91 Å². The summed E-state index contributed by atoms with van der Waals surface area (Å²) in [6, 6.07) is 29.1. The number of aliphatic hydroxyl groups excluding tert-OH is 1. The van der Waals surface area contributed by atoms with Crippen molar-refractivity contribution in [2.24, 2.45) is 5.92 Å². The summed E-state index contributed by atoms with van der Waals surface area (Å²) in [6.45, 7) is 7.97. The molecule has 292 valence electrons. The number of ether oxygens (including phenoxy) is 4. The summed E-state index contributed by atoms with van der Waals surface area (Å²) >= 11 is 0. The lowest BCUT2D eigenvalue weighted by Crippen LogP contribution is -2.52. The number of fused-ring (bicyclic) bond motifs is 3. The highest BCUT2D eigenvalue weighted by Gasteiger charge is 2.66. The number of cyclic esters (lactones) is 1. The summed E-state index contributed by atoms with van der Waals surface area (Å²) < 4.78 is 23.7. The predicted molar refractivity (Wildman–Crippen MR) is 215 cm³/mol. The lowest BCUT2D eigenvalue weighted by atomic mass is 9.82. The average molecular weight is 776 g/mol. The van der Waals surface area contributed by atoms with Crippen LogP contribution >= 0.6 is 0 Å². The van der Waals surface area contributed by atoms with Gasteiger partial charge in [-0.05, 0) is 71.1 Å². The molecule has 1 N–H and O–H groups in total. The van der Waals surface area contributed by atoms with Crippen LogP contribution in [0.3, 0.4) is 0 Å². The molecule has 0 saturated carbocycles. The van der Waals surface area contributed by atoms with E-state index in [1.807, 2.05) is 72.8 Å². The Labute approximate surface area is 328 Å². The van der Waals surface area contributed by atoms with Crippen LogP contribution in [0, 0.1) is 5.92 Å². The highest BCUT2D eigenvalue weighted by Crippen LogP contribution is 2.60. The second-order valence-corrected chi connectivity index (χ2v) is 20.6. The van der Waals surface area contributed by atoms with E-state index in [2.05, 4.69) is 38.2 Å². The SMILES string of the molecule is COc1ccc([Si](C)(C)[C@H]2[C@H](CC(=O)N3Cc4ccccc4C[C@H]3CO)O[C@@]3(C(=O)N(Cc4cccc(N5CCOC5=O)c4)c4ccc(OC)cc43)[C@@H]2C)cc1. The molecule has 12 heteroatoms.